The van der Waals surface area contributed by atoms with Crippen LogP contribution in [0, 0.1) is 0 Å². The Hall–Kier alpha value is -2.29. The van der Waals surface area contributed by atoms with Gasteiger partial charge in [-0.15, -0.1) is 0 Å². The zero-order chi connectivity index (χ0) is 13.7. The van der Waals surface area contributed by atoms with Crippen LogP contribution in [0.15, 0.2) is 54.6 Å². The van der Waals surface area contributed by atoms with Gasteiger partial charge in [-0.2, -0.15) is 0 Å². The molecule has 3 heteroatoms. The van der Waals surface area contributed by atoms with Crippen molar-refractivity contribution in [3.63, 3.8) is 0 Å². The van der Waals surface area contributed by atoms with Crippen LogP contribution >= 0.6 is 0 Å². The SMILES string of the molecule is COC(=O)[C@H](c1ccccc1)c1ccc(OC)cc1. The molecule has 0 unspecified atom stereocenters. The number of esters is 1. The van der Waals surface area contributed by atoms with E-state index in [-0.39, 0.29) is 5.97 Å². The lowest BCUT2D eigenvalue weighted by Crippen LogP contribution is -2.15. The first-order valence-corrected chi connectivity index (χ1v) is 6.03. The van der Waals surface area contributed by atoms with Gasteiger partial charge < -0.3 is 9.47 Å². The predicted molar refractivity (Wildman–Crippen MR) is 73.3 cm³/mol. The molecule has 0 saturated heterocycles. The van der Waals surface area contributed by atoms with Gasteiger partial charge in [0.05, 0.1) is 14.2 Å². The van der Waals surface area contributed by atoms with E-state index < -0.39 is 5.92 Å². The Bertz CT molecular complexity index is 532. The molecule has 2 aromatic rings. The molecule has 0 bridgehead atoms. The Morgan fingerprint density at radius 2 is 1.47 bits per heavy atom. The standard InChI is InChI=1S/C16H16O3/c1-18-14-10-8-13(9-11-14)15(16(17)19-2)12-6-4-3-5-7-12/h3-11,15H,1-2H3/t15-/m1/s1. The molecule has 0 aliphatic heterocycles. The van der Waals surface area contributed by atoms with E-state index in [4.69, 9.17) is 9.47 Å². The lowest BCUT2D eigenvalue weighted by Gasteiger charge is -2.15. The van der Waals surface area contributed by atoms with Crippen molar-refractivity contribution in [2.75, 3.05) is 14.2 Å². The molecule has 0 saturated carbocycles. The summed E-state index contributed by atoms with van der Waals surface area (Å²) in [5.74, 6) is 0.0916. The zero-order valence-corrected chi connectivity index (χ0v) is 11.0. The van der Waals surface area contributed by atoms with Gasteiger partial charge in [-0.1, -0.05) is 42.5 Å². The van der Waals surface area contributed by atoms with Crippen molar-refractivity contribution in [2.24, 2.45) is 0 Å². The maximum absolute atomic E-state index is 12.0. The predicted octanol–water partition coefficient (Wildman–Crippen LogP) is 3.00. The fraction of sp³-hybridized carbons (Fsp3) is 0.188. The second-order valence-corrected chi connectivity index (χ2v) is 4.14. The molecule has 0 fully saturated rings. The highest BCUT2D eigenvalue weighted by molar-refractivity contribution is 5.82. The van der Waals surface area contributed by atoms with Gasteiger partial charge in [0.15, 0.2) is 0 Å². The molecule has 0 spiro atoms. The van der Waals surface area contributed by atoms with E-state index in [0.29, 0.717) is 0 Å². The fourth-order valence-corrected chi connectivity index (χ4v) is 2.02. The van der Waals surface area contributed by atoms with Gasteiger partial charge in [0.1, 0.15) is 11.7 Å². The summed E-state index contributed by atoms with van der Waals surface area (Å²) in [4.78, 5) is 12.0. The van der Waals surface area contributed by atoms with Crippen LogP contribution in [-0.2, 0) is 9.53 Å². The molecule has 1 atom stereocenters. The summed E-state index contributed by atoms with van der Waals surface area (Å²) in [7, 11) is 3.02. The first-order valence-electron chi connectivity index (χ1n) is 6.03. The molecule has 0 heterocycles. The monoisotopic (exact) mass is 256 g/mol. The molecular weight excluding hydrogens is 240 g/mol. The molecule has 0 aliphatic carbocycles. The molecule has 3 nitrogen and oxygen atoms in total. The number of hydrogen-bond donors (Lipinski definition) is 0. The quantitative estimate of drug-likeness (QED) is 0.789. The minimum Gasteiger partial charge on any atom is -0.497 e. The Morgan fingerprint density at radius 3 is 2.00 bits per heavy atom. The van der Waals surface area contributed by atoms with Crippen molar-refractivity contribution >= 4 is 5.97 Å². The molecule has 2 aromatic carbocycles. The van der Waals surface area contributed by atoms with Crippen LogP contribution in [0.25, 0.3) is 0 Å². The largest absolute Gasteiger partial charge is 0.497 e. The van der Waals surface area contributed by atoms with Gasteiger partial charge in [0.25, 0.3) is 0 Å². The average molecular weight is 256 g/mol. The van der Waals surface area contributed by atoms with Crippen molar-refractivity contribution < 1.29 is 14.3 Å². The summed E-state index contributed by atoms with van der Waals surface area (Å²) in [5.41, 5.74) is 1.80. The number of methoxy groups -OCH3 is 2. The highest BCUT2D eigenvalue weighted by Crippen LogP contribution is 2.27. The maximum Gasteiger partial charge on any atom is 0.317 e. The van der Waals surface area contributed by atoms with E-state index in [9.17, 15) is 4.79 Å². The number of carbonyl (C=O) groups excluding carboxylic acids is 1. The zero-order valence-electron chi connectivity index (χ0n) is 11.0. The van der Waals surface area contributed by atoms with Crippen LogP contribution in [0.1, 0.15) is 17.0 Å². The summed E-state index contributed by atoms with van der Waals surface area (Å²) in [6, 6.07) is 17.0. The molecule has 2 rings (SSSR count). The lowest BCUT2D eigenvalue weighted by molar-refractivity contribution is -0.141. The maximum atomic E-state index is 12.0. The van der Waals surface area contributed by atoms with Crippen LogP contribution in [-0.4, -0.2) is 20.2 Å². The van der Waals surface area contributed by atoms with E-state index in [1.807, 2.05) is 54.6 Å². The topological polar surface area (TPSA) is 35.5 Å². The molecule has 0 radical (unpaired) electrons. The fourth-order valence-electron chi connectivity index (χ4n) is 2.02. The van der Waals surface area contributed by atoms with E-state index in [2.05, 4.69) is 0 Å². The van der Waals surface area contributed by atoms with Crippen LogP contribution in [0.2, 0.25) is 0 Å². The van der Waals surface area contributed by atoms with Gasteiger partial charge in [0, 0.05) is 0 Å². The Labute approximate surface area is 112 Å². The van der Waals surface area contributed by atoms with Crippen molar-refractivity contribution in [1.29, 1.82) is 0 Å². The van der Waals surface area contributed by atoms with Crippen molar-refractivity contribution in [2.45, 2.75) is 5.92 Å². The van der Waals surface area contributed by atoms with Gasteiger partial charge in [-0.05, 0) is 23.3 Å². The average Bonchev–Trinajstić information content (AvgIpc) is 2.49. The highest BCUT2D eigenvalue weighted by atomic mass is 16.5. The summed E-state index contributed by atoms with van der Waals surface area (Å²) in [5, 5.41) is 0. The lowest BCUT2D eigenvalue weighted by atomic mass is 9.91. The molecule has 0 amide bonds. The van der Waals surface area contributed by atoms with E-state index in [1.54, 1.807) is 7.11 Å². The van der Waals surface area contributed by atoms with Crippen LogP contribution in [0.4, 0.5) is 0 Å². The molecule has 0 N–H and O–H groups in total. The molecule has 0 aromatic heterocycles. The van der Waals surface area contributed by atoms with Crippen LogP contribution < -0.4 is 4.74 Å². The number of carbonyl (C=O) groups is 1. The minimum atomic E-state index is -0.405. The molecule has 98 valence electrons. The van der Waals surface area contributed by atoms with Crippen LogP contribution in [0.5, 0.6) is 5.75 Å². The third-order valence-electron chi connectivity index (χ3n) is 3.02. The summed E-state index contributed by atoms with van der Waals surface area (Å²) >= 11 is 0. The number of benzene rings is 2. The van der Waals surface area contributed by atoms with E-state index in [0.717, 1.165) is 16.9 Å². The number of hydrogen-bond acceptors (Lipinski definition) is 3. The smallest absolute Gasteiger partial charge is 0.317 e. The second kappa shape index (κ2) is 6.05. The van der Waals surface area contributed by atoms with Crippen molar-refractivity contribution in [3.8, 4) is 5.75 Å². The Kier molecular flexibility index (Phi) is 4.18. The number of rotatable bonds is 4. The van der Waals surface area contributed by atoms with E-state index >= 15 is 0 Å². The minimum absolute atomic E-state index is 0.267. The van der Waals surface area contributed by atoms with Gasteiger partial charge in [-0.25, -0.2) is 0 Å². The molecule has 19 heavy (non-hydrogen) atoms. The Balaban J connectivity index is 2.40. The highest BCUT2D eigenvalue weighted by Gasteiger charge is 2.23. The third-order valence-corrected chi connectivity index (χ3v) is 3.02. The van der Waals surface area contributed by atoms with Gasteiger partial charge in [-0.3, -0.25) is 4.79 Å². The van der Waals surface area contributed by atoms with Gasteiger partial charge >= 0.3 is 5.97 Å². The summed E-state index contributed by atoms with van der Waals surface area (Å²) in [6.07, 6.45) is 0. The number of ether oxygens (including phenoxy) is 2. The summed E-state index contributed by atoms with van der Waals surface area (Å²) in [6.45, 7) is 0. The molecular formula is C16H16O3. The molecule has 0 aliphatic rings. The first kappa shape index (κ1) is 13.1. The van der Waals surface area contributed by atoms with E-state index in [1.165, 1.54) is 7.11 Å². The van der Waals surface area contributed by atoms with Gasteiger partial charge in [0.2, 0.25) is 0 Å². The first-order chi connectivity index (χ1) is 9.26. The van der Waals surface area contributed by atoms with Crippen LogP contribution in [0.3, 0.4) is 0 Å². The van der Waals surface area contributed by atoms with Crippen molar-refractivity contribution in [1.82, 2.24) is 0 Å². The third kappa shape index (κ3) is 2.94. The normalized spacial score (nSPS) is 11.7. The summed E-state index contributed by atoms with van der Waals surface area (Å²) < 4.78 is 10.0. The Morgan fingerprint density at radius 1 is 0.895 bits per heavy atom. The second-order valence-electron chi connectivity index (χ2n) is 4.14. The van der Waals surface area contributed by atoms with Crippen molar-refractivity contribution in [3.05, 3.63) is 65.7 Å².